The van der Waals surface area contributed by atoms with Gasteiger partial charge in [0.2, 0.25) is 0 Å². The van der Waals surface area contributed by atoms with Crippen LogP contribution < -0.4 is 0 Å². The van der Waals surface area contributed by atoms with E-state index in [0.717, 1.165) is 31.4 Å². The Morgan fingerprint density at radius 1 is 1.11 bits per heavy atom. The molecule has 150 valence electrons. The number of aromatic amines is 1. The fourth-order valence-corrected chi connectivity index (χ4v) is 5.28. The number of methoxy groups -OCH3 is 2. The molecule has 2 aliphatic heterocycles. The van der Waals surface area contributed by atoms with E-state index in [2.05, 4.69) is 34.1 Å². The van der Waals surface area contributed by atoms with E-state index in [4.69, 9.17) is 9.47 Å². The number of ether oxygens (including phenoxy) is 2. The predicted molar refractivity (Wildman–Crippen MR) is 106 cm³/mol. The molecule has 4 rings (SSSR count). The Kier molecular flexibility index (Phi) is 5.15. The van der Waals surface area contributed by atoms with Crippen LogP contribution in [0.15, 0.2) is 24.3 Å². The van der Waals surface area contributed by atoms with E-state index in [0.29, 0.717) is 25.7 Å². The first-order valence-electron chi connectivity index (χ1n) is 10.0. The average Bonchev–Trinajstić information content (AvgIpc) is 3.29. The van der Waals surface area contributed by atoms with Crippen LogP contribution >= 0.6 is 0 Å². The Bertz CT molecular complexity index is 868. The molecule has 1 saturated heterocycles. The summed E-state index contributed by atoms with van der Waals surface area (Å²) < 4.78 is 9.81. The quantitative estimate of drug-likeness (QED) is 0.773. The van der Waals surface area contributed by atoms with Crippen molar-refractivity contribution < 1.29 is 19.1 Å². The summed E-state index contributed by atoms with van der Waals surface area (Å²) in [6.07, 6.45) is 4.18. The largest absolute Gasteiger partial charge is 0.469 e. The minimum Gasteiger partial charge on any atom is -0.469 e. The highest BCUT2D eigenvalue weighted by Gasteiger charge is 2.50. The number of carbonyl (C=O) groups is 2. The number of para-hydroxylation sites is 1. The van der Waals surface area contributed by atoms with Crippen LogP contribution in [0.5, 0.6) is 0 Å². The van der Waals surface area contributed by atoms with Gasteiger partial charge in [0.15, 0.2) is 0 Å². The summed E-state index contributed by atoms with van der Waals surface area (Å²) in [6.45, 7) is 2.00. The molecule has 1 unspecified atom stereocenters. The number of nitrogens with zero attached hydrogens (tertiary/aromatic N) is 1. The average molecular weight is 384 g/mol. The van der Waals surface area contributed by atoms with E-state index >= 15 is 0 Å². The Labute approximate surface area is 165 Å². The van der Waals surface area contributed by atoms with Crippen molar-refractivity contribution in [1.82, 2.24) is 9.88 Å². The lowest BCUT2D eigenvalue weighted by molar-refractivity contribution is -0.141. The molecule has 1 aromatic carbocycles. The third-order valence-corrected chi connectivity index (χ3v) is 6.72. The Morgan fingerprint density at radius 2 is 1.79 bits per heavy atom. The van der Waals surface area contributed by atoms with Gasteiger partial charge in [0.05, 0.1) is 20.3 Å². The summed E-state index contributed by atoms with van der Waals surface area (Å²) >= 11 is 0. The van der Waals surface area contributed by atoms with Crippen molar-refractivity contribution >= 4 is 22.8 Å². The maximum absolute atomic E-state index is 11.9. The van der Waals surface area contributed by atoms with Crippen LogP contribution in [0.3, 0.4) is 0 Å². The van der Waals surface area contributed by atoms with Crippen LogP contribution in [0.1, 0.15) is 49.4 Å². The Hall–Kier alpha value is -2.34. The van der Waals surface area contributed by atoms with Crippen LogP contribution in [0.4, 0.5) is 0 Å². The van der Waals surface area contributed by atoms with Crippen molar-refractivity contribution in [3.63, 3.8) is 0 Å². The van der Waals surface area contributed by atoms with E-state index in [9.17, 15) is 9.59 Å². The number of H-pyrrole nitrogens is 1. The SMILES string of the molecule is COC(=O)CCC1(CCC(=O)OC)CCN2CCc3c([nH]c4ccccc34)C21. The predicted octanol–water partition coefficient (Wildman–Crippen LogP) is 3.36. The van der Waals surface area contributed by atoms with E-state index in [1.54, 1.807) is 0 Å². The molecule has 0 radical (unpaired) electrons. The van der Waals surface area contributed by atoms with Gasteiger partial charge in [-0.1, -0.05) is 18.2 Å². The number of hydrogen-bond donors (Lipinski definition) is 1. The minimum atomic E-state index is -0.191. The molecule has 0 aliphatic carbocycles. The van der Waals surface area contributed by atoms with Gasteiger partial charge in [0.25, 0.3) is 0 Å². The molecule has 1 fully saturated rings. The molecule has 0 amide bonds. The molecule has 2 aromatic rings. The standard InChI is InChI=1S/C22H28N2O4/c1-27-18(25)7-10-22(11-8-19(26)28-2)12-14-24-13-9-16-15-5-3-4-6-17(15)23-20(16)21(22)24/h3-6,21,23H,7-14H2,1-2H3. The second-order valence-corrected chi connectivity index (χ2v) is 8.02. The van der Waals surface area contributed by atoms with Crippen LogP contribution in [0.2, 0.25) is 0 Å². The van der Waals surface area contributed by atoms with Crippen molar-refractivity contribution in [1.29, 1.82) is 0 Å². The van der Waals surface area contributed by atoms with Gasteiger partial charge >= 0.3 is 11.9 Å². The topological polar surface area (TPSA) is 71.6 Å². The number of carbonyl (C=O) groups excluding carboxylic acids is 2. The smallest absolute Gasteiger partial charge is 0.305 e. The first kappa shape index (κ1) is 19.0. The number of benzene rings is 1. The molecule has 0 spiro atoms. The van der Waals surface area contributed by atoms with Crippen molar-refractivity contribution in [2.24, 2.45) is 5.41 Å². The number of nitrogens with one attached hydrogen (secondary N) is 1. The molecule has 6 heteroatoms. The normalized spacial score (nSPS) is 20.6. The summed E-state index contributed by atoms with van der Waals surface area (Å²) in [5.74, 6) is -0.382. The third kappa shape index (κ3) is 3.20. The van der Waals surface area contributed by atoms with Gasteiger partial charge in [0, 0.05) is 36.0 Å². The van der Waals surface area contributed by atoms with Crippen LogP contribution in [-0.4, -0.2) is 49.1 Å². The molecular formula is C22H28N2O4. The molecule has 28 heavy (non-hydrogen) atoms. The van der Waals surface area contributed by atoms with E-state index in [1.807, 2.05) is 0 Å². The monoisotopic (exact) mass is 384 g/mol. The highest BCUT2D eigenvalue weighted by Crippen LogP contribution is 2.55. The summed E-state index contributed by atoms with van der Waals surface area (Å²) in [5, 5.41) is 1.29. The fraction of sp³-hybridized carbons (Fsp3) is 0.545. The minimum absolute atomic E-state index is 0.140. The third-order valence-electron chi connectivity index (χ3n) is 6.72. The first-order valence-corrected chi connectivity index (χ1v) is 10.0. The molecule has 1 N–H and O–H groups in total. The van der Waals surface area contributed by atoms with E-state index in [-0.39, 0.29) is 23.4 Å². The van der Waals surface area contributed by atoms with Gasteiger partial charge in [-0.25, -0.2) is 0 Å². The van der Waals surface area contributed by atoms with Gasteiger partial charge in [-0.2, -0.15) is 0 Å². The lowest BCUT2D eigenvalue weighted by atomic mass is 9.70. The zero-order chi connectivity index (χ0) is 19.7. The molecule has 1 atom stereocenters. The van der Waals surface area contributed by atoms with E-state index < -0.39 is 0 Å². The Morgan fingerprint density at radius 3 is 2.46 bits per heavy atom. The zero-order valence-electron chi connectivity index (χ0n) is 16.6. The number of esters is 2. The second-order valence-electron chi connectivity index (χ2n) is 8.02. The van der Waals surface area contributed by atoms with Crippen molar-refractivity contribution in [3.05, 3.63) is 35.5 Å². The van der Waals surface area contributed by atoms with Crippen LogP contribution in [0.25, 0.3) is 10.9 Å². The van der Waals surface area contributed by atoms with Crippen molar-refractivity contribution in [3.8, 4) is 0 Å². The lowest BCUT2D eigenvalue weighted by Crippen LogP contribution is -2.38. The van der Waals surface area contributed by atoms with E-state index in [1.165, 1.54) is 30.9 Å². The van der Waals surface area contributed by atoms with Crippen LogP contribution in [-0.2, 0) is 25.5 Å². The van der Waals surface area contributed by atoms with Gasteiger partial charge < -0.3 is 14.5 Å². The molecule has 6 nitrogen and oxygen atoms in total. The molecule has 3 heterocycles. The summed E-state index contributed by atoms with van der Waals surface area (Å²) in [7, 11) is 2.86. The van der Waals surface area contributed by atoms with Gasteiger partial charge in [-0.05, 0) is 49.3 Å². The number of hydrogen-bond acceptors (Lipinski definition) is 5. The summed E-state index contributed by atoms with van der Waals surface area (Å²) in [4.78, 5) is 30.0. The highest BCUT2D eigenvalue weighted by atomic mass is 16.5. The number of aromatic nitrogens is 1. The molecule has 0 saturated carbocycles. The number of fused-ring (bicyclic) bond motifs is 5. The van der Waals surface area contributed by atoms with Crippen LogP contribution in [0, 0.1) is 5.41 Å². The maximum atomic E-state index is 11.9. The van der Waals surface area contributed by atoms with Gasteiger partial charge in [-0.3, -0.25) is 14.5 Å². The lowest BCUT2D eigenvalue weighted by Gasteiger charge is -2.41. The zero-order valence-corrected chi connectivity index (χ0v) is 16.6. The molecule has 1 aromatic heterocycles. The van der Waals surface area contributed by atoms with Gasteiger partial charge in [-0.15, -0.1) is 0 Å². The number of rotatable bonds is 6. The fourth-order valence-electron chi connectivity index (χ4n) is 5.28. The van der Waals surface area contributed by atoms with Crippen molar-refractivity contribution in [2.45, 2.75) is 44.6 Å². The second kappa shape index (κ2) is 7.59. The summed E-state index contributed by atoms with van der Waals surface area (Å²) in [6, 6.07) is 8.63. The first-order chi connectivity index (χ1) is 13.6. The Balaban J connectivity index is 1.72. The molecular weight excluding hydrogens is 356 g/mol. The summed E-state index contributed by atoms with van der Waals surface area (Å²) in [5.41, 5.74) is 3.67. The maximum Gasteiger partial charge on any atom is 0.305 e. The highest BCUT2D eigenvalue weighted by molar-refractivity contribution is 5.85. The molecule has 0 bridgehead atoms. The molecule has 2 aliphatic rings. The van der Waals surface area contributed by atoms with Gasteiger partial charge in [0.1, 0.15) is 0 Å². The van der Waals surface area contributed by atoms with Crippen molar-refractivity contribution in [2.75, 3.05) is 27.3 Å².